The molecule has 8 heteroatoms. The van der Waals surface area contributed by atoms with E-state index in [0.29, 0.717) is 33.6 Å². The molecular weight excluding hydrogens is 428 g/mol. The Morgan fingerprint density at radius 2 is 1.75 bits per heavy atom. The van der Waals surface area contributed by atoms with Crippen molar-refractivity contribution >= 4 is 27.5 Å². The van der Waals surface area contributed by atoms with E-state index in [-0.39, 0.29) is 25.4 Å². The van der Waals surface area contributed by atoms with Crippen LogP contribution in [0.5, 0.6) is 0 Å². The number of hydrogen-bond acceptors (Lipinski definition) is 6. The molecule has 0 unspecified atom stereocenters. The maximum Gasteiger partial charge on any atom is 0.348 e. The number of thiophene rings is 1. The summed E-state index contributed by atoms with van der Waals surface area (Å²) in [7, 11) is 0. The van der Waals surface area contributed by atoms with E-state index >= 15 is 0 Å². The molecule has 0 amide bonds. The summed E-state index contributed by atoms with van der Waals surface area (Å²) >= 11 is 1.14. The highest BCUT2D eigenvalue weighted by Gasteiger charge is 2.24. The van der Waals surface area contributed by atoms with Crippen molar-refractivity contribution in [2.75, 3.05) is 13.2 Å². The highest BCUT2D eigenvalue weighted by molar-refractivity contribution is 7.20. The summed E-state index contributed by atoms with van der Waals surface area (Å²) in [6, 6.07) is 9.84. The quantitative estimate of drug-likeness (QED) is 0.480. The van der Waals surface area contributed by atoms with Gasteiger partial charge in [-0.05, 0) is 52.2 Å². The normalized spacial score (nSPS) is 11.8. The summed E-state index contributed by atoms with van der Waals surface area (Å²) in [6.07, 6.45) is 0.623. The van der Waals surface area contributed by atoms with Gasteiger partial charge in [0.15, 0.2) is 0 Å². The van der Waals surface area contributed by atoms with Crippen LogP contribution in [0.3, 0.4) is 0 Å². The van der Waals surface area contributed by atoms with Crippen molar-refractivity contribution in [3.63, 3.8) is 0 Å². The number of hydrogen-bond donors (Lipinski definition) is 0. The Morgan fingerprint density at radius 1 is 1.06 bits per heavy atom. The Bertz CT molecular complexity index is 1220. The van der Waals surface area contributed by atoms with Gasteiger partial charge in [0, 0.05) is 6.54 Å². The molecule has 0 spiro atoms. The van der Waals surface area contributed by atoms with E-state index in [2.05, 4.69) is 0 Å². The molecule has 3 rings (SSSR count). The second-order valence-corrected chi connectivity index (χ2v) is 9.54. The minimum atomic E-state index is -0.477. The number of benzene rings is 1. The lowest BCUT2D eigenvalue weighted by Crippen LogP contribution is -2.41. The van der Waals surface area contributed by atoms with E-state index in [1.165, 1.54) is 4.57 Å². The van der Waals surface area contributed by atoms with Gasteiger partial charge in [0.2, 0.25) is 0 Å². The molecule has 0 aliphatic heterocycles. The first-order valence-corrected chi connectivity index (χ1v) is 11.6. The average molecular weight is 459 g/mol. The molecule has 0 radical (unpaired) electrons. The van der Waals surface area contributed by atoms with Gasteiger partial charge in [0.25, 0.3) is 5.56 Å². The van der Waals surface area contributed by atoms with Crippen molar-refractivity contribution < 1.29 is 14.3 Å². The fourth-order valence-corrected chi connectivity index (χ4v) is 4.72. The summed E-state index contributed by atoms with van der Waals surface area (Å²) in [4.78, 5) is 40.0. The topological polar surface area (TPSA) is 79.5 Å². The van der Waals surface area contributed by atoms with Crippen LogP contribution in [0.4, 0.5) is 0 Å². The third-order valence-electron chi connectivity index (χ3n) is 5.07. The number of fused-ring (bicyclic) bond motifs is 1. The third-order valence-corrected chi connectivity index (χ3v) is 6.37. The molecule has 0 N–H and O–H groups in total. The number of aromatic nitrogens is 2. The van der Waals surface area contributed by atoms with Gasteiger partial charge in [-0.1, -0.05) is 30.3 Å². The van der Waals surface area contributed by atoms with Crippen LogP contribution in [0.15, 0.2) is 39.9 Å². The zero-order valence-corrected chi connectivity index (χ0v) is 20.1. The first-order valence-electron chi connectivity index (χ1n) is 10.8. The summed E-state index contributed by atoms with van der Waals surface area (Å²) < 4.78 is 13.7. The molecule has 3 aromatic rings. The second kappa shape index (κ2) is 9.83. The molecule has 2 aromatic heterocycles. The SMILES string of the molecule is CCOC(=O)c1sc2c(c1C)c(=O)n(CCOC(C)(C)C)c(=O)n2CCc1ccccc1. The fraction of sp³-hybridized carbons (Fsp3) is 0.458. The van der Waals surface area contributed by atoms with Crippen molar-refractivity contribution in [3.8, 4) is 0 Å². The van der Waals surface area contributed by atoms with Gasteiger partial charge in [0.1, 0.15) is 9.71 Å². The minimum Gasteiger partial charge on any atom is -0.462 e. The van der Waals surface area contributed by atoms with Crippen molar-refractivity contribution in [2.45, 2.75) is 59.7 Å². The van der Waals surface area contributed by atoms with Gasteiger partial charge < -0.3 is 9.47 Å². The Morgan fingerprint density at radius 3 is 2.38 bits per heavy atom. The average Bonchev–Trinajstić information content (AvgIpc) is 3.08. The van der Waals surface area contributed by atoms with Crippen LogP contribution in [0.25, 0.3) is 10.2 Å². The Hall–Kier alpha value is -2.71. The molecule has 2 heterocycles. The number of aryl methyl sites for hydroxylation is 3. The summed E-state index contributed by atoms with van der Waals surface area (Å²) in [5.41, 5.74) is 0.457. The van der Waals surface area contributed by atoms with Crippen molar-refractivity contribution in [1.82, 2.24) is 9.13 Å². The smallest absolute Gasteiger partial charge is 0.348 e. The molecule has 32 heavy (non-hydrogen) atoms. The van der Waals surface area contributed by atoms with Crippen LogP contribution in [-0.4, -0.2) is 33.9 Å². The molecule has 0 aliphatic rings. The number of nitrogens with zero attached hydrogens (tertiary/aromatic N) is 2. The van der Waals surface area contributed by atoms with Gasteiger partial charge in [-0.15, -0.1) is 11.3 Å². The first-order chi connectivity index (χ1) is 15.1. The zero-order valence-electron chi connectivity index (χ0n) is 19.3. The maximum absolute atomic E-state index is 13.4. The fourth-order valence-electron chi connectivity index (χ4n) is 3.51. The van der Waals surface area contributed by atoms with Crippen LogP contribution < -0.4 is 11.2 Å². The van der Waals surface area contributed by atoms with Crippen LogP contribution in [0.1, 0.15) is 48.5 Å². The predicted molar refractivity (Wildman–Crippen MR) is 127 cm³/mol. The van der Waals surface area contributed by atoms with Gasteiger partial charge in [-0.25, -0.2) is 9.59 Å². The monoisotopic (exact) mass is 458 g/mol. The standard InChI is InChI=1S/C24H30N2O5S/c1-6-30-22(28)19-16(2)18-20(27)25(14-15-31-24(3,4)5)23(29)26(21(18)32-19)13-12-17-10-8-7-9-11-17/h7-11H,6,12-15H2,1-5H3. The lowest BCUT2D eigenvalue weighted by Gasteiger charge is -2.20. The first kappa shape index (κ1) is 23.9. The number of esters is 1. The number of rotatable bonds is 8. The van der Waals surface area contributed by atoms with Crippen molar-refractivity contribution in [1.29, 1.82) is 0 Å². The van der Waals surface area contributed by atoms with Crippen LogP contribution in [-0.2, 0) is 29.0 Å². The molecule has 0 fully saturated rings. The van der Waals surface area contributed by atoms with Gasteiger partial charge in [-0.2, -0.15) is 0 Å². The number of carbonyl (C=O) groups excluding carboxylic acids is 1. The van der Waals surface area contributed by atoms with Crippen molar-refractivity contribution in [3.05, 3.63) is 67.2 Å². The predicted octanol–water partition coefficient (Wildman–Crippen LogP) is 3.77. The van der Waals surface area contributed by atoms with Gasteiger partial charge in [-0.3, -0.25) is 13.9 Å². The molecular formula is C24H30N2O5S. The molecule has 0 aliphatic carbocycles. The van der Waals surface area contributed by atoms with E-state index < -0.39 is 17.2 Å². The van der Waals surface area contributed by atoms with Crippen LogP contribution in [0.2, 0.25) is 0 Å². The number of carbonyl (C=O) groups is 1. The summed E-state index contributed by atoms with van der Waals surface area (Å²) in [5, 5.41) is 0.390. The highest BCUT2D eigenvalue weighted by atomic mass is 32.1. The molecule has 0 bridgehead atoms. The highest BCUT2D eigenvalue weighted by Crippen LogP contribution is 2.28. The van der Waals surface area contributed by atoms with E-state index in [1.807, 2.05) is 51.1 Å². The number of ether oxygens (including phenoxy) is 2. The lowest BCUT2D eigenvalue weighted by atomic mass is 10.1. The minimum absolute atomic E-state index is 0.139. The Kier molecular flexibility index (Phi) is 7.36. The van der Waals surface area contributed by atoms with E-state index in [0.717, 1.165) is 16.9 Å². The van der Waals surface area contributed by atoms with E-state index in [4.69, 9.17) is 9.47 Å². The summed E-state index contributed by atoms with van der Waals surface area (Å²) in [6.45, 7) is 10.2. The molecule has 0 saturated carbocycles. The molecule has 172 valence electrons. The van der Waals surface area contributed by atoms with Gasteiger partial charge in [0.05, 0.1) is 30.7 Å². The van der Waals surface area contributed by atoms with Crippen molar-refractivity contribution in [2.24, 2.45) is 0 Å². The Labute approximate surface area is 191 Å². The van der Waals surface area contributed by atoms with Crippen LogP contribution in [0, 0.1) is 6.92 Å². The largest absolute Gasteiger partial charge is 0.462 e. The van der Waals surface area contributed by atoms with Crippen LogP contribution >= 0.6 is 11.3 Å². The molecule has 1 aromatic carbocycles. The zero-order chi connectivity index (χ0) is 23.5. The molecule has 0 atom stereocenters. The maximum atomic E-state index is 13.4. The third kappa shape index (κ3) is 5.19. The lowest BCUT2D eigenvalue weighted by molar-refractivity contribution is -0.00758. The molecule has 0 saturated heterocycles. The Balaban J connectivity index is 2.12. The van der Waals surface area contributed by atoms with E-state index in [1.54, 1.807) is 18.4 Å². The second-order valence-electron chi connectivity index (χ2n) is 8.54. The van der Waals surface area contributed by atoms with Gasteiger partial charge >= 0.3 is 11.7 Å². The van der Waals surface area contributed by atoms with E-state index in [9.17, 15) is 14.4 Å². The summed E-state index contributed by atoms with van der Waals surface area (Å²) in [5.74, 6) is -0.477. The molecule has 7 nitrogen and oxygen atoms in total.